The lowest BCUT2D eigenvalue weighted by Gasteiger charge is -2.52. The van der Waals surface area contributed by atoms with Crippen molar-refractivity contribution in [2.45, 2.75) is 129 Å². The van der Waals surface area contributed by atoms with E-state index in [2.05, 4.69) is 103 Å². The molecule has 0 saturated carbocycles. The maximum atomic E-state index is 6.88. The van der Waals surface area contributed by atoms with E-state index in [0.717, 1.165) is 45.1 Å². The number of nitrogens with zero attached hydrogens (tertiary/aromatic N) is 2. The fourth-order valence-corrected chi connectivity index (χ4v) is 5.46. The summed E-state index contributed by atoms with van der Waals surface area (Å²) in [5.74, 6) is 0. The van der Waals surface area contributed by atoms with Crippen molar-refractivity contribution in [1.82, 2.24) is 9.96 Å². The molecule has 0 radical (unpaired) electrons. The lowest BCUT2D eigenvalue weighted by Crippen LogP contribution is -2.59. The van der Waals surface area contributed by atoms with Crippen molar-refractivity contribution in [3.8, 4) is 0 Å². The molecule has 0 amide bonds. The molecule has 1 atom stereocenters. The predicted molar refractivity (Wildman–Crippen MR) is 142 cm³/mol. The van der Waals surface area contributed by atoms with Crippen LogP contribution in [0, 0.1) is 0 Å². The largest absolute Gasteiger partial charge is 0.460 e. The molecule has 34 heavy (non-hydrogen) atoms. The van der Waals surface area contributed by atoms with Gasteiger partial charge in [0.1, 0.15) is 0 Å². The smallest absolute Gasteiger partial charge is 0.403 e. The van der Waals surface area contributed by atoms with Crippen LogP contribution in [0.2, 0.25) is 6.32 Å². The summed E-state index contributed by atoms with van der Waals surface area (Å²) in [7, 11) is 1.96. The first-order valence-corrected chi connectivity index (χ1v) is 13.3. The molecule has 3 rings (SSSR count). The zero-order valence-electron chi connectivity index (χ0n) is 23.3. The molecule has 2 heterocycles. The highest BCUT2D eigenvalue weighted by Crippen LogP contribution is 2.41. The van der Waals surface area contributed by atoms with Crippen LogP contribution >= 0.6 is 0 Å². The second-order valence-corrected chi connectivity index (χ2v) is 12.8. The first kappa shape index (κ1) is 27.7. The van der Waals surface area contributed by atoms with Gasteiger partial charge >= 0.3 is 7.12 Å². The highest BCUT2D eigenvalue weighted by molar-refractivity contribution is 6.45. The van der Waals surface area contributed by atoms with Crippen molar-refractivity contribution >= 4 is 7.12 Å². The highest BCUT2D eigenvalue weighted by Gasteiger charge is 2.52. The van der Waals surface area contributed by atoms with Gasteiger partial charge in [-0.25, -0.2) is 0 Å². The topological polar surface area (TPSA) is 34.2 Å². The summed E-state index contributed by atoms with van der Waals surface area (Å²) < 4.78 is 12.7. The van der Waals surface area contributed by atoms with Crippen LogP contribution in [0.1, 0.15) is 93.1 Å². The molecule has 0 aromatic heterocycles. The number of benzene rings is 1. The molecule has 0 bridgehead atoms. The Kier molecular flexibility index (Phi) is 8.63. The molecule has 192 valence electrons. The molecule has 2 aliphatic heterocycles. The third-order valence-electron chi connectivity index (χ3n) is 8.05. The molecular weight excluding hydrogens is 423 g/mol. The van der Waals surface area contributed by atoms with Gasteiger partial charge in [0.2, 0.25) is 0 Å². The fourth-order valence-electron chi connectivity index (χ4n) is 5.46. The van der Waals surface area contributed by atoms with E-state index in [1.165, 1.54) is 12.0 Å². The van der Waals surface area contributed by atoms with Crippen LogP contribution in [0.15, 0.2) is 30.3 Å². The number of hydroxylamine groups is 2. The molecule has 6 heteroatoms. The molecule has 0 N–H and O–H groups in total. The van der Waals surface area contributed by atoms with Gasteiger partial charge in [-0.1, -0.05) is 30.3 Å². The van der Waals surface area contributed by atoms with Crippen LogP contribution < -0.4 is 0 Å². The fraction of sp³-hybridized carbons (Fsp3) is 0.786. The highest BCUT2D eigenvalue weighted by atomic mass is 16.7. The van der Waals surface area contributed by atoms with E-state index in [0.29, 0.717) is 0 Å². The zero-order chi connectivity index (χ0) is 25.2. The Bertz CT molecular complexity index is 749. The van der Waals surface area contributed by atoms with Gasteiger partial charge in [0.25, 0.3) is 0 Å². The van der Waals surface area contributed by atoms with E-state index < -0.39 is 0 Å². The molecule has 1 aromatic carbocycles. The van der Waals surface area contributed by atoms with Crippen LogP contribution in [0.25, 0.3) is 0 Å². The van der Waals surface area contributed by atoms with Crippen molar-refractivity contribution in [1.29, 1.82) is 0 Å². The Labute approximate surface area is 209 Å². The van der Waals surface area contributed by atoms with Crippen LogP contribution in [-0.2, 0) is 20.7 Å². The summed E-state index contributed by atoms with van der Waals surface area (Å²) in [4.78, 5) is 9.27. The van der Waals surface area contributed by atoms with E-state index in [-0.39, 0.29) is 35.5 Å². The lowest BCUT2D eigenvalue weighted by atomic mass is 9.80. The number of hydrogen-bond acceptors (Lipinski definition) is 5. The summed E-state index contributed by atoms with van der Waals surface area (Å²) in [5, 5.41) is 2.30. The van der Waals surface area contributed by atoms with Crippen LogP contribution in [0.5, 0.6) is 0 Å². The van der Waals surface area contributed by atoms with Crippen molar-refractivity contribution in [3.63, 3.8) is 0 Å². The lowest BCUT2D eigenvalue weighted by molar-refractivity contribution is -0.302. The monoisotopic (exact) mass is 472 g/mol. The molecular formula is C28H49BN2O3. The summed E-state index contributed by atoms with van der Waals surface area (Å²) in [6, 6.07) is 10.7. The van der Waals surface area contributed by atoms with Crippen molar-refractivity contribution in [3.05, 3.63) is 35.9 Å². The van der Waals surface area contributed by atoms with Gasteiger partial charge < -0.3 is 14.2 Å². The maximum Gasteiger partial charge on any atom is 0.460 e. The minimum absolute atomic E-state index is 0.0139. The SMILES string of the molecule is CN(CCCC(CB1OC(C)(C)C(C)(C)O1)ON1C(C)(C)CCCC1(C)C)Cc1ccccc1. The maximum absolute atomic E-state index is 6.88. The Hall–Kier alpha value is -0.915. The van der Waals surface area contributed by atoms with Gasteiger partial charge in [0.05, 0.1) is 17.3 Å². The summed E-state index contributed by atoms with van der Waals surface area (Å²) in [6.45, 7) is 19.7. The Morgan fingerprint density at radius 1 is 0.941 bits per heavy atom. The number of rotatable bonds is 10. The first-order valence-electron chi connectivity index (χ1n) is 13.3. The third-order valence-corrected chi connectivity index (χ3v) is 8.05. The average molecular weight is 473 g/mol. The number of hydrogen-bond donors (Lipinski definition) is 0. The summed E-state index contributed by atoms with van der Waals surface area (Å²) in [6.07, 6.45) is 6.40. The summed E-state index contributed by atoms with van der Waals surface area (Å²) in [5.41, 5.74) is 0.746. The van der Waals surface area contributed by atoms with Gasteiger partial charge in [-0.05, 0) is 107 Å². The Morgan fingerprint density at radius 2 is 1.50 bits per heavy atom. The van der Waals surface area contributed by atoms with Gasteiger partial charge in [-0.3, -0.25) is 4.84 Å². The van der Waals surface area contributed by atoms with Gasteiger partial charge in [-0.15, -0.1) is 0 Å². The predicted octanol–water partition coefficient (Wildman–Crippen LogP) is 6.33. The van der Waals surface area contributed by atoms with Gasteiger partial charge in [-0.2, -0.15) is 5.06 Å². The zero-order valence-corrected chi connectivity index (χ0v) is 23.3. The number of piperidine rings is 1. The molecule has 2 fully saturated rings. The minimum atomic E-state index is -0.318. The van der Waals surface area contributed by atoms with Crippen molar-refractivity contribution in [2.75, 3.05) is 13.6 Å². The Morgan fingerprint density at radius 3 is 2.06 bits per heavy atom. The summed E-state index contributed by atoms with van der Waals surface area (Å²) >= 11 is 0. The Balaban J connectivity index is 1.65. The molecule has 0 aliphatic carbocycles. The van der Waals surface area contributed by atoms with E-state index >= 15 is 0 Å². The standard InChI is InChI=1S/C28H49BN2O3/c1-25(2)18-14-19-26(3,4)31(25)32-24(21-29-33-27(5,6)28(7,8)34-29)17-13-20-30(9)22-23-15-11-10-12-16-23/h10-12,15-16,24H,13-14,17-22H2,1-9H3. The van der Waals surface area contributed by atoms with Crippen molar-refractivity contribution in [2.24, 2.45) is 0 Å². The quantitative estimate of drug-likeness (QED) is 0.372. The molecule has 1 unspecified atom stereocenters. The van der Waals surface area contributed by atoms with E-state index in [1.807, 2.05) is 0 Å². The third kappa shape index (κ3) is 6.85. The molecule has 5 nitrogen and oxygen atoms in total. The molecule has 2 saturated heterocycles. The second kappa shape index (κ2) is 10.6. The van der Waals surface area contributed by atoms with Crippen LogP contribution in [0.4, 0.5) is 0 Å². The average Bonchev–Trinajstić information content (AvgIpc) is 2.91. The second-order valence-electron chi connectivity index (χ2n) is 12.8. The van der Waals surface area contributed by atoms with Gasteiger partial charge in [0.15, 0.2) is 0 Å². The van der Waals surface area contributed by atoms with Crippen LogP contribution in [-0.4, -0.2) is 59.1 Å². The van der Waals surface area contributed by atoms with E-state index in [9.17, 15) is 0 Å². The van der Waals surface area contributed by atoms with Gasteiger partial charge in [0, 0.05) is 23.9 Å². The molecule has 0 spiro atoms. The molecule has 2 aliphatic rings. The van der Waals surface area contributed by atoms with E-state index in [4.69, 9.17) is 14.1 Å². The normalized spacial score (nSPS) is 24.5. The van der Waals surface area contributed by atoms with Crippen LogP contribution in [0.3, 0.4) is 0 Å². The van der Waals surface area contributed by atoms with Crippen molar-refractivity contribution < 1.29 is 14.1 Å². The van der Waals surface area contributed by atoms with E-state index in [1.54, 1.807) is 0 Å². The minimum Gasteiger partial charge on any atom is -0.403 e. The molecule has 1 aromatic rings. The first-order chi connectivity index (χ1) is 15.7.